The highest BCUT2D eigenvalue weighted by Gasteiger charge is 2.21. The third-order valence-electron chi connectivity index (χ3n) is 2.30. The van der Waals surface area contributed by atoms with Gasteiger partial charge in [-0.1, -0.05) is 10.8 Å². The highest BCUT2D eigenvalue weighted by molar-refractivity contribution is 5.10. The summed E-state index contributed by atoms with van der Waals surface area (Å²) < 4.78 is 9.93. The number of allylic oxidation sites excluding steroid dienone is 2. The number of nitrogens with zero attached hydrogens (tertiary/aromatic N) is 2. The van der Waals surface area contributed by atoms with Crippen LogP contribution in [0.3, 0.4) is 0 Å². The summed E-state index contributed by atoms with van der Waals surface area (Å²) in [5.41, 5.74) is 1.26. The van der Waals surface area contributed by atoms with E-state index in [9.17, 15) is 0 Å². The van der Waals surface area contributed by atoms with Crippen LogP contribution in [0.15, 0.2) is 18.2 Å². The lowest BCUT2D eigenvalue weighted by atomic mass is 10.4. The van der Waals surface area contributed by atoms with Crippen molar-refractivity contribution in [3.63, 3.8) is 0 Å². The maximum Gasteiger partial charge on any atom is 0.393 e. The van der Waals surface area contributed by atoms with E-state index in [4.69, 9.17) is 4.74 Å². The second-order valence-corrected chi connectivity index (χ2v) is 3.19. The normalized spacial score (nSPS) is 14.3. The van der Waals surface area contributed by atoms with Gasteiger partial charge in [-0.3, -0.25) is 0 Å². The molecule has 0 fully saturated rings. The average Bonchev–Trinajstić information content (AvgIpc) is 2.46. The minimum absolute atomic E-state index is 0.729. The lowest BCUT2D eigenvalue weighted by Gasteiger charge is -2.05. The third kappa shape index (κ3) is 1.34. The standard InChI is InChI=1S/C10H15N2O/c1-3-13-10-8-9(2)11-6-4-5-7-12(10)11/h4-5,8H,3,6-7H2,1-2H3/q+1. The van der Waals surface area contributed by atoms with Crippen molar-refractivity contribution < 1.29 is 9.42 Å². The molecule has 0 aliphatic carbocycles. The Morgan fingerprint density at radius 2 is 2.38 bits per heavy atom. The van der Waals surface area contributed by atoms with E-state index in [0.717, 1.165) is 25.6 Å². The highest BCUT2D eigenvalue weighted by Crippen LogP contribution is 2.11. The summed E-state index contributed by atoms with van der Waals surface area (Å²) in [6, 6.07) is 2.09. The first kappa shape index (κ1) is 8.35. The van der Waals surface area contributed by atoms with Crippen LogP contribution in [0.2, 0.25) is 0 Å². The molecule has 70 valence electrons. The van der Waals surface area contributed by atoms with Crippen molar-refractivity contribution in [3.05, 3.63) is 23.9 Å². The largest absolute Gasteiger partial charge is 0.443 e. The number of hydrogen-bond acceptors (Lipinski definition) is 1. The number of fused-ring (bicyclic) bond motifs is 1. The van der Waals surface area contributed by atoms with Gasteiger partial charge in [0, 0.05) is 0 Å². The summed E-state index contributed by atoms with van der Waals surface area (Å²) >= 11 is 0. The Morgan fingerprint density at radius 3 is 3.15 bits per heavy atom. The van der Waals surface area contributed by atoms with Crippen LogP contribution in [0, 0.1) is 6.92 Å². The van der Waals surface area contributed by atoms with Gasteiger partial charge >= 0.3 is 5.88 Å². The Kier molecular flexibility index (Phi) is 2.08. The SMILES string of the molecule is CCOc1cc(C)n2[n+]1CC=CC2. The first-order chi connectivity index (χ1) is 6.33. The van der Waals surface area contributed by atoms with Gasteiger partial charge in [-0.25, -0.2) is 0 Å². The molecule has 1 aliphatic rings. The molecule has 0 saturated carbocycles. The van der Waals surface area contributed by atoms with Crippen molar-refractivity contribution in [2.45, 2.75) is 26.9 Å². The highest BCUT2D eigenvalue weighted by atomic mass is 16.5. The average molecular weight is 179 g/mol. The molecule has 0 radical (unpaired) electrons. The van der Waals surface area contributed by atoms with Crippen LogP contribution in [-0.2, 0) is 13.1 Å². The smallest absolute Gasteiger partial charge is 0.393 e. The molecule has 3 nitrogen and oxygen atoms in total. The van der Waals surface area contributed by atoms with Gasteiger partial charge in [0.15, 0.2) is 6.54 Å². The van der Waals surface area contributed by atoms with Crippen LogP contribution in [0.5, 0.6) is 5.88 Å². The predicted molar refractivity (Wildman–Crippen MR) is 49.7 cm³/mol. The summed E-state index contributed by atoms with van der Waals surface area (Å²) in [6.07, 6.45) is 4.35. The molecular weight excluding hydrogens is 164 g/mol. The zero-order chi connectivity index (χ0) is 9.26. The lowest BCUT2D eigenvalue weighted by molar-refractivity contribution is -0.772. The topological polar surface area (TPSA) is 18.0 Å². The molecule has 0 aromatic carbocycles. The molecule has 0 N–H and O–H groups in total. The van der Waals surface area contributed by atoms with Crippen LogP contribution >= 0.6 is 0 Å². The Bertz CT molecular complexity index is 339. The van der Waals surface area contributed by atoms with Crippen molar-refractivity contribution >= 4 is 0 Å². The molecule has 0 unspecified atom stereocenters. The summed E-state index contributed by atoms with van der Waals surface area (Å²) in [7, 11) is 0. The first-order valence-corrected chi connectivity index (χ1v) is 4.71. The van der Waals surface area contributed by atoms with Crippen LogP contribution in [0.25, 0.3) is 0 Å². The molecule has 0 amide bonds. The number of aromatic nitrogens is 2. The van der Waals surface area contributed by atoms with Crippen LogP contribution in [0.1, 0.15) is 12.6 Å². The van der Waals surface area contributed by atoms with Gasteiger partial charge in [0.1, 0.15) is 0 Å². The number of aryl methyl sites for hydroxylation is 1. The predicted octanol–water partition coefficient (Wildman–Crippen LogP) is 1.05. The molecule has 13 heavy (non-hydrogen) atoms. The zero-order valence-electron chi connectivity index (χ0n) is 8.16. The van der Waals surface area contributed by atoms with Crippen molar-refractivity contribution in [1.82, 2.24) is 4.68 Å². The lowest BCUT2D eigenvalue weighted by Crippen LogP contribution is -2.45. The van der Waals surface area contributed by atoms with E-state index in [0.29, 0.717) is 0 Å². The Balaban J connectivity index is 2.39. The van der Waals surface area contributed by atoms with Gasteiger partial charge in [0.25, 0.3) is 0 Å². The first-order valence-electron chi connectivity index (χ1n) is 4.71. The molecule has 3 heteroatoms. The van der Waals surface area contributed by atoms with Gasteiger partial charge in [0.05, 0.1) is 24.9 Å². The minimum atomic E-state index is 0.729. The van der Waals surface area contributed by atoms with Crippen LogP contribution in [-0.4, -0.2) is 11.3 Å². The number of rotatable bonds is 2. The van der Waals surface area contributed by atoms with Crippen LogP contribution in [0.4, 0.5) is 0 Å². The Labute approximate surface area is 78.2 Å². The maximum atomic E-state index is 5.53. The molecule has 2 heterocycles. The quantitative estimate of drug-likeness (QED) is 0.490. The fourth-order valence-corrected chi connectivity index (χ4v) is 1.68. The second-order valence-electron chi connectivity index (χ2n) is 3.19. The summed E-state index contributed by atoms with van der Waals surface area (Å²) in [6.45, 7) is 6.73. The van der Waals surface area contributed by atoms with E-state index in [-0.39, 0.29) is 0 Å². The second kappa shape index (κ2) is 3.24. The van der Waals surface area contributed by atoms with Crippen molar-refractivity contribution in [2.24, 2.45) is 0 Å². The molecule has 2 rings (SSSR count). The van der Waals surface area contributed by atoms with Gasteiger partial charge in [-0.2, -0.15) is 4.68 Å². The van der Waals surface area contributed by atoms with E-state index < -0.39 is 0 Å². The Morgan fingerprint density at radius 1 is 1.54 bits per heavy atom. The molecule has 0 bridgehead atoms. The van der Waals surface area contributed by atoms with Gasteiger partial charge in [-0.15, -0.1) is 0 Å². The third-order valence-corrected chi connectivity index (χ3v) is 2.30. The van der Waals surface area contributed by atoms with Gasteiger partial charge in [0.2, 0.25) is 0 Å². The molecular formula is C10H15N2O+. The molecule has 0 spiro atoms. The van der Waals surface area contributed by atoms with E-state index in [2.05, 4.69) is 34.5 Å². The molecule has 1 aliphatic heterocycles. The van der Waals surface area contributed by atoms with Crippen molar-refractivity contribution in [2.75, 3.05) is 6.61 Å². The Hall–Kier alpha value is -1.25. The number of hydrogen-bond donors (Lipinski definition) is 0. The molecule has 0 atom stereocenters. The fourth-order valence-electron chi connectivity index (χ4n) is 1.68. The minimum Gasteiger partial charge on any atom is -0.443 e. The molecule has 0 saturated heterocycles. The fraction of sp³-hybridized carbons (Fsp3) is 0.500. The van der Waals surface area contributed by atoms with E-state index in [1.54, 1.807) is 0 Å². The van der Waals surface area contributed by atoms with Crippen LogP contribution < -0.4 is 9.42 Å². The molecule has 1 aromatic rings. The summed E-state index contributed by atoms with van der Waals surface area (Å²) in [5, 5.41) is 0. The van der Waals surface area contributed by atoms with Gasteiger partial charge < -0.3 is 4.74 Å². The molecule has 1 aromatic heterocycles. The van der Waals surface area contributed by atoms with E-state index in [1.807, 2.05) is 6.92 Å². The van der Waals surface area contributed by atoms with Gasteiger partial charge in [-0.05, 0) is 19.9 Å². The van der Waals surface area contributed by atoms with E-state index in [1.165, 1.54) is 5.69 Å². The summed E-state index contributed by atoms with van der Waals surface area (Å²) in [4.78, 5) is 0. The van der Waals surface area contributed by atoms with E-state index >= 15 is 0 Å². The maximum absolute atomic E-state index is 5.53. The van der Waals surface area contributed by atoms with Crippen molar-refractivity contribution in [1.29, 1.82) is 0 Å². The van der Waals surface area contributed by atoms with Crippen molar-refractivity contribution in [3.8, 4) is 5.88 Å². The monoisotopic (exact) mass is 179 g/mol. The zero-order valence-corrected chi connectivity index (χ0v) is 8.16. The number of ether oxygens (including phenoxy) is 1. The summed E-state index contributed by atoms with van der Waals surface area (Å²) in [5.74, 6) is 0.976.